The summed E-state index contributed by atoms with van der Waals surface area (Å²) in [7, 11) is 0. The Balaban J connectivity index is 1.82. The quantitative estimate of drug-likeness (QED) is 0.772. The molecule has 2 heterocycles. The molecule has 0 unspecified atom stereocenters. The average Bonchev–Trinajstić information content (AvgIpc) is 3.09. The van der Waals surface area contributed by atoms with E-state index in [1.807, 2.05) is 0 Å². The van der Waals surface area contributed by atoms with Crippen LogP contribution in [0.25, 0.3) is 11.4 Å². The average molecular weight is 308 g/mol. The van der Waals surface area contributed by atoms with Crippen molar-refractivity contribution in [2.45, 2.75) is 12.5 Å². The molecule has 0 saturated carbocycles. The number of nitrogens with one attached hydrogen (secondary N) is 1. The monoisotopic (exact) mass is 307 g/mol. The number of rotatable bonds is 4. The molecule has 3 N–H and O–H groups in total. The lowest BCUT2D eigenvalue weighted by Crippen LogP contribution is -2.14. The molecule has 3 aromatic rings. The van der Waals surface area contributed by atoms with Crippen LogP contribution in [0, 0.1) is 5.82 Å². The fourth-order valence-corrected chi connectivity index (χ4v) is 2.14. The smallest absolute Gasteiger partial charge is 0.244 e. The summed E-state index contributed by atoms with van der Waals surface area (Å²) in [5.41, 5.74) is 7.35. The summed E-state index contributed by atoms with van der Waals surface area (Å²) in [6.45, 7) is 0. The zero-order valence-corrected chi connectivity index (χ0v) is 11.5. The van der Waals surface area contributed by atoms with Crippen LogP contribution in [0.4, 0.5) is 4.39 Å². The van der Waals surface area contributed by atoms with Crippen molar-refractivity contribution in [3.05, 3.63) is 53.1 Å². The van der Waals surface area contributed by atoms with Gasteiger partial charge in [-0.1, -0.05) is 16.8 Å². The molecule has 6 nitrogen and oxygen atoms in total. The normalized spacial score (nSPS) is 12.5. The van der Waals surface area contributed by atoms with Gasteiger partial charge in [0.2, 0.25) is 11.7 Å². The van der Waals surface area contributed by atoms with E-state index in [1.165, 1.54) is 18.2 Å². The van der Waals surface area contributed by atoms with Gasteiger partial charge in [-0.2, -0.15) is 4.98 Å². The minimum absolute atomic E-state index is 0.212. The Hall–Kier alpha value is -2.25. The van der Waals surface area contributed by atoms with Crippen molar-refractivity contribution in [1.82, 2.24) is 20.1 Å². The van der Waals surface area contributed by atoms with Gasteiger partial charge in [-0.3, -0.25) is 0 Å². The maximum absolute atomic E-state index is 13.0. The zero-order chi connectivity index (χ0) is 14.8. The van der Waals surface area contributed by atoms with Crippen molar-refractivity contribution in [1.29, 1.82) is 0 Å². The van der Waals surface area contributed by atoms with Gasteiger partial charge < -0.3 is 15.2 Å². The third-order valence-electron chi connectivity index (χ3n) is 2.93. The Morgan fingerprint density at radius 2 is 2.29 bits per heavy atom. The molecule has 0 spiro atoms. The third-order valence-corrected chi connectivity index (χ3v) is 3.24. The number of H-pyrrole nitrogens is 1. The number of aromatic nitrogens is 4. The molecule has 0 amide bonds. The summed E-state index contributed by atoms with van der Waals surface area (Å²) in [5, 5.41) is 4.04. The predicted octanol–water partition coefficient (Wildman–Crippen LogP) is 2.49. The van der Waals surface area contributed by atoms with Crippen molar-refractivity contribution in [2.24, 2.45) is 5.73 Å². The van der Waals surface area contributed by atoms with E-state index in [9.17, 15) is 4.39 Å². The van der Waals surface area contributed by atoms with E-state index >= 15 is 0 Å². The SMILES string of the molecule is N[C@@H](Cc1cnc[nH]1)c1nc(-c2ccc(F)cc2Cl)no1. The van der Waals surface area contributed by atoms with Crippen molar-refractivity contribution in [2.75, 3.05) is 0 Å². The molecule has 0 bridgehead atoms. The van der Waals surface area contributed by atoms with Crippen LogP contribution in [-0.2, 0) is 6.42 Å². The lowest BCUT2D eigenvalue weighted by molar-refractivity contribution is 0.354. The van der Waals surface area contributed by atoms with Crippen LogP contribution in [0.2, 0.25) is 5.02 Å². The number of hydrogen-bond donors (Lipinski definition) is 2. The Morgan fingerprint density at radius 1 is 1.43 bits per heavy atom. The van der Waals surface area contributed by atoms with Crippen LogP contribution < -0.4 is 5.73 Å². The minimum atomic E-state index is -0.467. The summed E-state index contributed by atoms with van der Waals surface area (Å²) in [6, 6.07) is 3.50. The van der Waals surface area contributed by atoms with Crippen LogP contribution in [-0.4, -0.2) is 20.1 Å². The molecular formula is C13H11ClFN5O. The summed E-state index contributed by atoms with van der Waals surface area (Å²) < 4.78 is 18.2. The van der Waals surface area contributed by atoms with Crippen LogP contribution in [0.15, 0.2) is 35.2 Å². The van der Waals surface area contributed by atoms with Crippen LogP contribution in [0.3, 0.4) is 0 Å². The van der Waals surface area contributed by atoms with Gasteiger partial charge in [0, 0.05) is 23.9 Å². The minimum Gasteiger partial charge on any atom is -0.348 e. The fraction of sp³-hybridized carbons (Fsp3) is 0.154. The molecule has 2 aromatic heterocycles. The molecule has 0 aliphatic heterocycles. The lowest BCUT2D eigenvalue weighted by atomic mass is 10.2. The topological polar surface area (TPSA) is 93.6 Å². The highest BCUT2D eigenvalue weighted by Crippen LogP contribution is 2.27. The second-order valence-electron chi connectivity index (χ2n) is 4.47. The first-order chi connectivity index (χ1) is 10.1. The van der Waals surface area contributed by atoms with Gasteiger partial charge in [0.05, 0.1) is 17.4 Å². The molecule has 0 aliphatic rings. The van der Waals surface area contributed by atoms with Gasteiger partial charge in [-0.15, -0.1) is 0 Å². The highest BCUT2D eigenvalue weighted by molar-refractivity contribution is 6.33. The van der Waals surface area contributed by atoms with Crippen molar-refractivity contribution >= 4 is 11.6 Å². The van der Waals surface area contributed by atoms with E-state index in [4.69, 9.17) is 21.9 Å². The van der Waals surface area contributed by atoms with Crippen molar-refractivity contribution in [3.8, 4) is 11.4 Å². The standard InChI is InChI=1S/C13H11ClFN5O/c14-10-3-7(15)1-2-9(10)12-19-13(21-20-12)11(16)4-8-5-17-6-18-8/h1-3,5-6,11H,4,16H2,(H,17,18)/t11-/m0/s1. The summed E-state index contributed by atoms with van der Waals surface area (Å²) in [4.78, 5) is 11.1. The molecular weight excluding hydrogens is 297 g/mol. The Morgan fingerprint density at radius 3 is 3.00 bits per heavy atom. The number of halogens is 2. The first-order valence-corrected chi connectivity index (χ1v) is 6.53. The van der Waals surface area contributed by atoms with Crippen LogP contribution in [0.1, 0.15) is 17.6 Å². The molecule has 3 rings (SSSR count). The van der Waals surface area contributed by atoms with Gasteiger partial charge in [-0.05, 0) is 18.2 Å². The van der Waals surface area contributed by atoms with Crippen molar-refractivity contribution in [3.63, 3.8) is 0 Å². The van der Waals surface area contributed by atoms with E-state index < -0.39 is 11.9 Å². The lowest BCUT2D eigenvalue weighted by Gasteiger charge is -2.03. The second-order valence-corrected chi connectivity index (χ2v) is 4.88. The van der Waals surface area contributed by atoms with Gasteiger partial charge in [-0.25, -0.2) is 9.37 Å². The molecule has 0 radical (unpaired) electrons. The Bertz CT molecular complexity index is 743. The molecule has 0 fully saturated rings. The van der Waals surface area contributed by atoms with Crippen LogP contribution in [0.5, 0.6) is 0 Å². The van der Waals surface area contributed by atoms with E-state index in [-0.39, 0.29) is 16.7 Å². The second kappa shape index (κ2) is 5.63. The number of imidazole rings is 1. The Labute approximate surface area is 124 Å². The molecule has 1 atom stereocenters. The Kier molecular flexibility index (Phi) is 3.68. The van der Waals surface area contributed by atoms with Gasteiger partial charge in [0.1, 0.15) is 5.82 Å². The third kappa shape index (κ3) is 2.93. The maximum Gasteiger partial charge on any atom is 0.244 e. The fourth-order valence-electron chi connectivity index (χ4n) is 1.89. The van der Waals surface area contributed by atoms with E-state index in [0.29, 0.717) is 12.0 Å². The maximum atomic E-state index is 13.0. The number of benzene rings is 1. The summed E-state index contributed by atoms with van der Waals surface area (Å²) in [6.07, 6.45) is 3.73. The van der Waals surface area contributed by atoms with E-state index in [1.54, 1.807) is 12.5 Å². The highest BCUT2D eigenvalue weighted by Gasteiger charge is 2.18. The molecule has 8 heteroatoms. The summed E-state index contributed by atoms with van der Waals surface area (Å²) >= 11 is 5.96. The molecule has 0 aliphatic carbocycles. The highest BCUT2D eigenvalue weighted by atomic mass is 35.5. The van der Waals surface area contributed by atoms with Gasteiger partial charge >= 0.3 is 0 Å². The predicted molar refractivity (Wildman–Crippen MR) is 73.9 cm³/mol. The van der Waals surface area contributed by atoms with E-state index in [0.717, 1.165) is 5.69 Å². The van der Waals surface area contributed by atoms with Gasteiger partial charge in [0.15, 0.2) is 0 Å². The molecule has 1 aromatic carbocycles. The van der Waals surface area contributed by atoms with E-state index in [2.05, 4.69) is 20.1 Å². The van der Waals surface area contributed by atoms with Gasteiger partial charge in [0.25, 0.3) is 0 Å². The first kappa shape index (κ1) is 13.7. The number of nitrogens with two attached hydrogens (primary N) is 1. The molecule has 0 saturated heterocycles. The largest absolute Gasteiger partial charge is 0.348 e. The summed E-state index contributed by atoms with van der Waals surface area (Å²) in [5.74, 6) is 0.124. The molecule has 21 heavy (non-hydrogen) atoms. The number of aromatic amines is 1. The number of nitrogens with zero attached hydrogens (tertiary/aromatic N) is 3. The zero-order valence-electron chi connectivity index (χ0n) is 10.8. The van der Waals surface area contributed by atoms with Crippen molar-refractivity contribution < 1.29 is 8.91 Å². The first-order valence-electron chi connectivity index (χ1n) is 6.15. The molecule has 108 valence electrons. The number of hydrogen-bond acceptors (Lipinski definition) is 5. The van der Waals surface area contributed by atoms with Crippen LogP contribution >= 0.6 is 11.6 Å².